The van der Waals surface area contributed by atoms with Crippen molar-refractivity contribution in [2.24, 2.45) is 5.92 Å². The minimum absolute atomic E-state index is 0.0266. The molecule has 5 heteroatoms. The Balaban J connectivity index is 0.000000165. The number of carbonyl (C=O) groups is 1. The predicted octanol–water partition coefficient (Wildman–Crippen LogP) is -0.199. The lowest BCUT2D eigenvalue weighted by Crippen LogP contribution is -2.31. The largest absolute Gasteiger partial charge is 0.481 e. The van der Waals surface area contributed by atoms with Crippen LogP contribution in [0.3, 0.4) is 0 Å². The van der Waals surface area contributed by atoms with Gasteiger partial charge < -0.3 is 20.8 Å². The van der Waals surface area contributed by atoms with Crippen LogP contribution in [-0.2, 0) is 4.79 Å². The number of carboxylic acids is 1. The average molecular weight is 230 g/mol. The number of piperidine rings is 2. The van der Waals surface area contributed by atoms with Gasteiger partial charge in [0.15, 0.2) is 0 Å². The first-order valence-electron chi connectivity index (χ1n) is 6.02. The van der Waals surface area contributed by atoms with Crippen molar-refractivity contribution in [1.82, 2.24) is 10.6 Å². The van der Waals surface area contributed by atoms with Crippen LogP contribution >= 0.6 is 0 Å². The number of nitrogens with one attached hydrogen (secondary N) is 2. The summed E-state index contributed by atoms with van der Waals surface area (Å²) in [6, 6.07) is 0. The zero-order valence-electron chi connectivity index (χ0n) is 9.61. The van der Waals surface area contributed by atoms with Crippen molar-refractivity contribution in [2.45, 2.75) is 31.8 Å². The van der Waals surface area contributed by atoms with Gasteiger partial charge in [-0.15, -0.1) is 0 Å². The topological polar surface area (TPSA) is 81.6 Å². The van der Waals surface area contributed by atoms with Crippen molar-refractivity contribution < 1.29 is 15.0 Å². The molecule has 94 valence electrons. The van der Waals surface area contributed by atoms with E-state index in [0.29, 0.717) is 0 Å². The van der Waals surface area contributed by atoms with Crippen LogP contribution in [0.2, 0.25) is 0 Å². The summed E-state index contributed by atoms with van der Waals surface area (Å²) in [5.41, 5.74) is 0. The summed E-state index contributed by atoms with van der Waals surface area (Å²) in [5, 5.41) is 23.6. The number of carboxylic acid groups (broad SMARTS) is 1. The van der Waals surface area contributed by atoms with E-state index >= 15 is 0 Å². The van der Waals surface area contributed by atoms with Gasteiger partial charge in [0.1, 0.15) is 0 Å². The molecule has 0 atom stereocenters. The van der Waals surface area contributed by atoms with Crippen LogP contribution in [0.5, 0.6) is 0 Å². The smallest absolute Gasteiger partial charge is 0.306 e. The fraction of sp³-hybridized carbons (Fsp3) is 0.909. The standard InChI is InChI=1S/C6H11NO2.C5H11NO/c8-6(9)5-1-3-7-4-2-5;7-5-1-3-6-4-2-5/h5,7H,1-4H2,(H,8,9);5-7H,1-4H2. The van der Waals surface area contributed by atoms with Crippen LogP contribution in [0.15, 0.2) is 0 Å². The molecule has 0 aromatic rings. The van der Waals surface area contributed by atoms with Gasteiger partial charge in [-0.05, 0) is 51.9 Å². The second kappa shape index (κ2) is 7.60. The van der Waals surface area contributed by atoms with Gasteiger partial charge in [0.2, 0.25) is 0 Å². The van der Waals surface area contributed by atoms with Crippen LogP contribution in [0.25, 0.3) is 0 Å². The highest BCUT2D eigenvalue weighted by molar-refractivity contribution is 5.70. The van der Waals surface area contributed by atoms with Gasteiger partial charge in [0, 0.05) is 0 Å². The van der Waals surface area contributed by atoms with Crippen molar-refractivity contribution in [2.75, 3.05) is 26.2 Å². The molecule has 2 fully saturated rings. The molecule has 4 N–H and O–H groups in total. The zero-order valence-corrected chi connectivity index (χ0v) is 9.61. The quantitative estimate of drug-likeness (QED) is 0.501. The number of hydrogen-bond donors (Lipinski definition) is 4. The Morgan fingerprint density at radius 1 is 0.938 bits per heavy atom. The van der Waals surface area contributed by atoms with Crippen LogP contribution < -0.4 is 10.6 Å². The van der Waals surface area contributed by atoms with E-state index in [1.54, 1.807) is 0 Å². The van der Waals surface area contributed by atoms with Gasteiger partial charge in [0.05, 0.1) is 12.0 Å². The molecule has 0 bridgehead atoms. The van der Waals surface area contributed by atoms with Crippen LogP contribution in [0.4, 0.5) is 0 Å². The molecule has 0 aromatic carbocycles. The maximum absolute atomic E-state index is 10.3. The van der Waals surface area contributed by atoms with Gasteiger partial charge in [-0.2, -0.15) is 0 Å². The molecule has 16 heavy (non-hydrogen) atoms. The number of aliphatic hydroxyl groups excluding tert-OH is 1. The van der Waals surface area contributed by atoms with E-state index in [1.165, 1.54) is 0 Å². The molecule has 0 amide bonds. The summed E-state index contributed by atoms with van der Waals surface area (Å²) in [5.74, 6) is -0.734. The highest BCUT2D eigenvalue weighted by Gasteiger charge is 2.18. The molecule has 0 saturated carbocycles. The highest BCUT2D eigenvalue weighted by atomic mass is 16.4. The number of rotatable bonds is 1. The number of aliphatic hydroxyl groups is 1. The first-order chi connectivity index (χ1) is 7.70. The third-order valence-corrected chi connectivity index (χ3v) is 3.00. The first-order valence-corrected chi connectivity index (χ1v) is 6.02. The lowest BCUT2D eigenvalue weighted by Gasteiger charge is -2.17. The molecule has 2 aliphatic rings. The van der Waals surface area contributed by atoms with Crippen molar-refractivity contribution >= 4 is 5.97 Å². The van der Waals surface area contributed by atoms with Crippen molar-refractivity contribution in [3.8, 4) is 0 Å². The van der Waals surface area contributed by atoms with Gasteiger partial charge >= 0.3 is 5.97 Å². The molecule has 2 heterocycles. The summed E-state index contributed by atoms with van der Waals surface area (Å²) in [6.45, 7) is 3.69. The minimum atomic E-state index is -0.642. The molecule has 0 radical (unpaired) electrons. The Morgan fingerprint density at radius 3 is 1.62 bits per heavy atom. The Kier molecular flexibility index (Phi) is 6.37. The fourth-order valence-electron chi connectivity index (χ4n) is 1.88. The first kappa shape index (κ1) is 13.4. The van der Waals surface area contributed by atoms with Crippen LogP contribution in [0, 0.1) is 5.92 Å². The summed E-state index contributed by atoms with van der Waals surface area (Å²) in [4.78, 5) is 10.3. The summed E-state index contributed by atoms with van der Waals surface area (Å²) in [7, 11) is 0. The minimum Gasteiger partial charge on any atom is -0.481 e. The van der Waals surface area contributed by atoms with E-state index in [-0.39, 0.29) is 12.0 Å². The third kappa shape index (κ3) is 5.44. The van der Waals surface area contributed by atoms with Gasteiger partial charge in [-0.3, -0.25) is 4.79 Å². The van der Waals surface area contributed by atoms with Crippen molar-refractivity contribution in [3.05, 3.63) is 0 Å². The average Bonchev–Trinajstić information content (AvgIpc) is 2.32. The molecule has 5 nitrogen and oxygen atoms in total. The van der Waals surface area contributed by atoms with Crippen molar-refractivity contribution in [3.63, 3.8) is 0 Å². The second-order valence-corrected chi connectivity index (χ2v) is 4.34. The van der Waals surface area contributed by atoms with Gasteiger partial charge in [-0.25, -0.2) is 0 Å². The summed E-state index contributed by atoms with van der Waals surface area (Å²) >= 11 is 0. The summed E-state index contributed by atoms with van der Waals surface area (Å²) < 4.78 is 0. The normalized spacial score (nSPS) is 23.3. The number of aliphatic carboxylic acids is 1. The molecule has 2 rings (SSSR count). The van der Waals surface area contributed by atoms with E-state index in [2.05, 4.69) is 10.6 Å². The molecular formula is C11H22N2O3. The maximum Gasteiger partial charge on any atom is 0.306 e. The van der Waals surface area contributed by atoms with Gasteiger partial charge in [0.25, 0.3) is 0 Å². The Labute approximate surface area is 96.2 Å². The highest BCUT2D eigenvalue weighted by Crippen LogP contribution is 2.10. The van der Waals surface area contributed by atoms with E-state index in [1.807, 2.05) is 0 Å². The van der Waals surface area contributed by atoms with Gasteiger partial charge in [-0.1, -0.05) is 0 Å². The lowest BCUT2D eigenvalue weighted by molar-refractivity contribution is -0.142. The third-order valence-electron chi connectivity index (χ3n) is 3.00. The molecule has 0 aromatic heterocycles. The second-order valence-electron chi connectivity index (χ2n) is 4.34. The predicted molar refractivity (Wildman–Crippen MR) is 61.3 cm³/mol. The van der Waals surface area contributed by atoms with E-state index in [9.17, 15) is 4.79 Å². The fourth-order valence-corrected chi connectivity index (χ4v) is 1.88. The zero-order chi connectivity index (χ0) is 11.8. The Hall–Kier alpha value is -0.650. The molecule has 0 spiro atoms. The van der Waals surface area contributed by atoms with E-state index < -0.39 is 5.97 Å². The molecule has 2 saturated heterocycles. The molecule has 0 aliphatic carbocycles. The Bertz CT molecular complexity index is 199. The van der Waals surface area contributed by atoms with Crippen LogP contribution in [-0.4, -0.2) is 48.5 Å². The molecule has 2 aliphatic heterocycles. The Morgan fingerprint density at radius 2 is 1.38 bits per heavy atom. The van der Waals surface area contributed by atoms with E-state index in [4.69, 9.17) is 10.2 Å². The molecular weight excluding hydrogens is 208 g/mol. The SMILES string of the molecule is O=C(O)C1CCNCC1.OC1CCNCC1. The maximum atomic E-state index is 10.3. The van der Waals surface area contributed by atoms with E-state index in [0.717, 1.165) is 51.9 Å². The monoisotopic (exact) mass is 230 g/mol. The van der Waals surface area contributed by atoms with Crippen LogP contribution in [0.1, 0.15) is 25.7 Å². The summed E-state index contributed by atoms with van der Waals surface area (Å²) in [6.07, 6.45) is 3.41. The van der Waals surface area contributed by atoms with Crippen molar-refractivity contribution in [1.29, 1.82) is 0 Å². The molecule has 0 unspecified atom stereocenters. The lowest BCUT2D eigenvalue weighted by atomic mass is 9.99. The number of hydrogen-bond acceptors (Lipinski definition) is 4.